The second-order valence-corrected chi connectivity index (χ2v) is 13.5. The Bertz CT molecular complexity index is 1120. The summed E-state index contributed by atoms with van der Waals surface area (Å²) < 4.78 is 23.5. The normalized spacial score (nSPS) is 45.5. The Morgan fingerprint density at radius 1 is 0.837 bits per heavy atom. The largest absolute Gasteiger partial charge is 0.394 e. The third-order valence-electron chi connectivity index (χ3n) is 9.82. The van der Waals surface area contributed by atoms with Crippen molar-refractivity contribution in [3.63, 3.8) is 0 Å². The summed E-state index contributed by atoms with van der Waals surface area (Å²) in [4.78, 5) is 16.9. The molecule has 4 aliphatic rings. The number of rotatable bonds is 13. The molecule has 284 valence electrons. The molecule has 2 heterocycles. The van der Waals surface area contributed by atoms with E-state index in [1.54, 1.807) is 0 Å². The van der Waals surface area contributed by atoms with Gasteiger partial charge in [0.1, 0.15) is 54.9 Å². The predicted octanol–water partition coefficient (Wildman–Crippen LogP) is -8.43. The van der Waals surface area contributed by atoms with Gasteiger partial charge in [-0.2, -0.15) is 0 Å². The lowest BCUT2D eigenvalue weighted by Crippen LogP contribution is -2.70. The standard InChI is InChI=1S/C28H55N9O12/c1-2-28(45,37-27(33)34)26(44)36-12-5-11(30)22(21(43)23(12)49-25-20(42)15(31)17(39)14(8-38)47-25)48-24-16(32)19(41)18(40)13(46-24)7-35-6-9-3-10(29)4-9/h9-25,35,38-43,45H,2-8,29-32H2,1H3,(H,36,44)(H4,33,34,37)/t9?,10?,11-,12+,13+,14+,15-,16+,17+,18+,19+,20+,21-,22?,23-,24+,25+,28?/m0/s1. The number of aliphatic hydroxyl groups excluding tert-OH is 6. The maximum absolute atomic E-state index is 13.3. The fourth-order valence-electron chi connectivity index (χ4n) is 6.69. The fraction of sp³-hybridized carbons (Fsp3) is 0.929. The molecular weight excluding hydrogens is 654 g/mol. The van der Waals surface area contributed by atoms with Crippen LogP contribution in [0.2, 0.25) is 0 Å². The van der Waals surface area contributed by atoms with Crippen LogP contribution in [0.1, 0.15) is 32.6 Å². The predicted molar refractivity (Wildman–Crippen MR) is 169 cm³/mol. The maximum atomic E-state index is 13.3. The van der Waals surface area contributed by atoms with Crippen LogP contribution in [0.15, 0.2) is 4.99 Å². The summed E-state index contributed by atoms with van der Waals surface area (Å²) >= 11 is 0. The lowest BCUT2D eigenvalue weighted by atomic mass is 9.81. The molecule has 2 unspecified atom stereocenters. The number of aliphatic imine (C=N–C) groups is 1. The van der Waals surface area contributed by atoms with Crippen LogP contribution < -0.4 is 45.0 Å². The molecule has 16 atom stereocenters. The summed E-state index contributed by atoms with van der Waals surface area (Å²) in [5, 5.41) is 80.5. The van der Waals surface area contributed by atoms with Crippen LogP contribution >= 0.6 is 0 Å². The SMILES string of the molecule is CCC(O)(N=C(N)N)C(=O)N[C@@H]1C[C@H](N)C(O[C@H]2O[C@H](CNCC3CC(N)C3)[C@@H](O)[C@H](O)[C@H]2N)[C@H](O)[C@H]1O[C@H]1O[C@H](CO)[C@@H](O)[C@H](N)[C@H]1O. The Balaban J connectivity index is 1.54. The van der Waals surface area contributed by atoms with E-state index in [9.17, 15) is 40.5 Å². The van der Waals surface area contributed by atoms with Gasteiger partial charge in [0.15, 0.2) is 18.5 Å². The Hall–Kier alpha value is -1.90. The monoisotopic (exact) mass is 709 g/mol. The Morgan fingerprint density at radius 3 is 2.06 bits per heavy atom. The minimum Gasteiger partial charge on any atom is -0.394 e. The summed E-state index contributed by atoms with van der Waals surface area (Å²) in [5.41, 5.74) is 32.8. The number of nitrogens with two attached hydrogens (primary N) is 6. The van der Waals surface area contributed by atoms with Gasteiger partial charge in [-0.15, -0.1) is 0 Å². The number of carbonyl (C=O) groups excluding carboxylic acids is 1. The molecule has 2 saturated carbocycles. The first-order valence-electron chi connectivity index (χ1n) is 16.5. The first-order chi connectivity index (χ1) is 23.0. The smallest absolute Gasteiger partial charge is 0.275 e. The highest BCUT2D eigenvalue weighted by Crippen LogP contribution is 2.32. The lowest BCUT2D eigenvalue weighted by molar-refractivity contribution is -0.320. The van der Waals surface area contributed by atoms with E-state index < -0.39 is 116 Å². The molecule has 4 rings (SSSR count). The van der Waals surface area contributed by atoms with Gasteiger partial charge >= 0.3 is 0 Å². The third-order valence-corrected chi connectivity index (χ3v) is 9.82. The highest BCUT2D eigenvalue weighted by atomic mass is 16.7. The number of hydrogen-bond acceptors (Lipinski definition) is 18. The van der Waals surface area contributed by atoms with E-state index in [0.717, 1.165) is 12.8 Å². The molecule has 21 heteroatoms. The molecule has 0 aromatic rings. The Labute approximate surface area is 283 Å². The number of amides is 1. The molecule has 21 nitrogen and oxygen atoms in total. The molecule has 0 aromatic heterocycles. The van der Waals surface area contributed by atoms with Crippen molar-refractivity contribution in [2.75, 3.05) is 19.7 Å². The van der Waals surface area contributed by atoms with E-state index in [2.05, 4.69) is 15.6 Å². The average Bonchev–Trinajstić information content (AvgIpc) is 3.03. The summed E-state index contributed by atoms with van der Waals surface area (Å²) in [6.45, 7) is 1.52. The maximum Gasteiger partial charge on any atom is 0.275 e. The van der Waals surface area contributed by atoms with Crippen LogP contribution in [0.5, 0.6) is 0 Å². The minimum atomic E-state index is -2.41. The van der Waals surface area contributed by atoms with Crippen molar-refractivity contribution in [3.8, 4) is 0 Å². The number of aliphatic hydroxyl groups is 7. The number of guanidine groups is 1. The zero-order valence-corrected chi connectivity index (χ0v) is 27.3. The van der Waals surface area contributed by atoms with Crippen LogP contribution in [0, 0.1) is 5.92 Å². The molecule has 0 aromatic carbocycles. The van der Waals surface area contributed by atoms with Gasteiger partial charge in [0.25, 0.3) is 5.91 Å². The summed E-state index contributed by atoms with van der Waals surface area (Å²) in [6, 6.07) is -4.72. The van der Waals surface area contributed by atoms with Crippen molar-refractivity contribution < 1.29 is 59.5 Å². The van der Waals surface area contributed by atoms with Crippen molar-refractivity contribution in [3.05, 3.63) is 0 Å². The van der Waals surface area contributed by atoms with Crippen molar-refractivity contribution >= 4 is 11.9 Å². The minimum absolute atomic E-state index is 0.140. The zero-order chi connectivity index (χ0) is 36.4. The average molecular weight is 710 g/mol. The molecule has 0 spiro atoms. The van der Waals surface area contributed by atoms with E-state index in [0.29, 0.717) is 12.5 Å². The first kappa shape index (κ1) is 39.9. The van der Waals surface area contributed by atoms with Gasteiger partial charge < -0.3 is 99.7 Å². The molecule has 0 radical (unpaired) electrons. The van der Waals surface area contributed by atoms with Crippen molar-refractivity contribution in [2.24, 2.45) is 45.3 Å². The van der Waals surface area contributed by atoms with E-state index in [1.165, 1.54) is 6.92 Å². The lowest BCUT2D eigenvalue weighted by Gasteiger charge is -2.49. The number of hydrogen-bond donors (Lipinski definition) is 15. The van der Waals surface area contributed by atoms with E-state index in [1.807, 2.05) is 0 Å². The van der Waals surface area contributed by atoms with E-state index in [4.69, 9.17) is 53.3 Å². The van der Waals surface area contributed by atoms with Gasteiger partial charge in [-0.3, -0.25) is 4.79 Å². The highest BCUT2D eigenvalue weighted by Gasteiger charge is 2.53. The van der Waals surface area contributed by atoms with Gasteiger partial charge in [0.2, 0.25) is 5.72 Å². The Kier molecular flexibility index (Phi) is 13.5. The molecular formula is C28H55N9O12. The van der Waals surface area contributed by atoms with Gasteiger partial charge in [-0.1, -0.05) is 6.92 Å². The van der Waals surface area contributed by atoms with Crippen LogP contribution in [-0.2, 0) is 23.7 Å². The van der Waals surface area contributed by atoms with Crippen LogP contribution in [0.4, 0.5) is 0 Å². The summed E-state index contributed by atoms with van der Waals surface area (Å²) in [7, 11) is 0. The fourth-order valence-corrected chi connectivity index (χ4v) is 6.69. The van der Waals surface area contributed by atoms with Gasteiger partial charge in [0.05, 0.1) is 24.7 Å². The summed E-state index contributed by atoms with van der Waals surface area (Å²) in [6.07, 6.45) is -14.5. The molecule has 2 aliphatic heterocycles. The second kappa shape index (κ2) is 16.6. The molecule has 0 bridgehead atoms. The summed E-state index contributed by atoms with van der Waals surface area (Å²) in [5.74, 6) is -1.26. The van der Waals surface area contributed by atoms with Crippen molar-refractivity contribution in [2.45, 2.75) is 136 Å². The number of nitrogens with zero attached hydrogens (tertiary/aromatic N) is 1. The number of carbonyl (C=O) groups is 1. The second-order valence-electron chi connectivity index (χ2n) is 13.5. The van der Waals surface area contributed by atoms with E-state index >= 15 is 0 Å². The molecule has 21 N–H and O–H groups in total. The first-order valence-corrected chi connectivity index (χ1v) is 16.5. The third kappa shape index (κ3) is 8.95. The molecule has 2 aliphatic carbocycles. The van der Waals surface area contributed by atoms with Gasteiger partial charge in [-0.25, -0.2) is 4.99 Å². The molecule has 1 amide bonds. The zero-order valence-electron chi connectivity index (χ0n) is 27.3. The van der Waals surface area contributed by atoms with Gasteiger partial charge in [-0.05, 0) is 31.7 Å². The van der Waals surface area contributed by atoms with Crippen molar-refractivity contribution in [1.82, 2.24) is 10.6 Å². The quantitative estimate of drug-likeness (QED) is 0.0623. The molecule has 2 saturated heterocycles. The number of ether oxygens (including phenoxy) is 4. The topological polar surface area (TPSA) is 388 Å². The molecule has 49 heavy (non-hydrogen) atoms. The van der Waals surface area contributed by atoms with Crippen molar-refractivity contribution in [1.29, 1.82) is 0 Å². The highest BCUT2D eigenvalue weighted by molar-refractivity contribution is 5.88. The molecule has 4 fully saturated rings. The van der Waals surface area contributed by atoms with Crippen LogP contribution in [-0.4, -0.2) is 171 Å². The number of nitrogens with one attached hydrogen (secondary N) is 2. The van der Waals surface area contributed by atoms with E-state index in [-0.39, 0.29) is 25.4 Å². The Morgan fingerprint density at radius 2 is 1.47 bits per heavy atom. The van der Waals surface area contributed by atoms with Gasteiger partial charge in [0, 0.05) is 25.0 Å². The van der Waals surface area contributed by atoms with Crippen LogP contribution in [0.3, 0.4) is 0 Å². The van der Waals surface area contributed by atoms with Crippen LogP contribution in [0.25, 0.3) is 0 Å².